The van der Waals surface area contributed by atoms with E-state index in [-0.39, 0.29) is 0 Å². The Balaban J connectivity index is 1.78. The average molecular weight is 228 g/mol. The summed E-state index contributed by atoms with van der Waals surface area (Å²) in [6.45, 7) is 0.870. The number of benzene rings is 1. The molecule has 1 heteroatoms. The molecule has 0 saturated heterocycles. The number of ether oxygens (including phenoxy) is 1. The van der Waals surface area contributed by atoms with E-state index in [2.05, 4.69) is 30.3 Å². The van der Waals surface area contributed by atoms with Crippen molar-refractivity contribution < 1.29 is 4.74 Å². The van der Waals surface area contributed by atoms with Crippen LogP contribution in [0.15, 0.2) is 41.5 Å². The van der Waals surface area contributed by atoms with Gasteiger partial charge in [0.15, 0.2) is 0 Å². The minimum atomic E-state index is 0.299. The summed E-state index contributed by atoms with van der Waals surface area (Å²) in [6, 6.07) is 10.7. The van der Waals surface area contributed by atoms with Crippen molar-refractivity contribution in [3.8, 4) is 0 Å². The zero-order valence-corrected chi connectivity index (χ0v) is 10.3. The molecule has 1 atom stereocenters. The quantitative estimate of drug-likeness (QED) is 0.647. The van der Waals surface area contributed by atoms with Crippen molar-refractivity contribution in [2.75, 3.05) is 6.61 Å². The average Bonchev–Trinajstić information content (AvgIpc) is 2.64. The fourth-order valence-corrected chi connectivity index (χ4v) is 2.99. The van der Waals surface area contributed by atoms with Gasteiger partial charge in [0.2, 0.25) is 0 Å². The maximum absolute atomic E-state index is 6.03. The Morgan fingerprint density at radius 3 is 2.47 bits per heavy atom. The van der Waals surface area contributed by atoms with E-state index < -0.39 is 0 Å². The Hall–Kier alpha value is -1.08. The summed E-state index contributed by atoms with van der Waals surface area (Å²) in [5, 5.41) is 0. The summed E-state index contributed by atoms with van der Waals surface area (Å²) >= 11 is 0. The molecule has 1 aromatic rings. The fourth-order valence-electron chi connectivity index (χ4n) is 2.99. The van der Waals surface area contributed by atoms with Crippen LogP contribution in [0.3, 0.4) is 0 Å². The normalized spacial score (nSPS) is 25.3. The van der Waals surface area contributed by atoms with E-state index in [9.17, 15) is 0 Å². The zero-order chi connectivity index (χ0) is 11.5. The predicted octanol–water partition coefficient (Wildman–Crippen LogP) is 4.41. The van der Waals surface area contributed by atoms with Crippen LogP contribution in [0.1, 0.15) is 50.2 Å². The van der Waals surface area contributed by atoms with Crippen molar-refractivity contribution in [1.82, 2.24) is 0 Å². The molecular formula is C16H20O. The molecule has 1 aliphatic carbocycles. The standard InChI is InChI=1S/C16H20O/c1-3-7-13(8-4-1)16-11-14-9-5-2-6-10-15(14)12-17-16/h1,3-4,7-8,16H,2,5-6,9-12H2. The van der Waals surface area contributed by atoms with Gasteiger partial charge in [-0.3, -0.25) is 0 Å². The summed E-state index contributed by atoms with van der Waals surface area (Å²) < 4.78 is 6.03. The second-order valence-corrected chi connectivity index (χ2v) is 5.18. The third-order valence-electron chi connectivity index (χ3n) is 4.02. The molecule has 0 bridgehead atoms. The van der Waals surface area contributed by atoms with Crippen LogP contribution >= 0.6 is 0 Å². The molecule has 0 fully saturated rings. The Kier molecular flexibility index (Phi) is 3.28. The topological polar surface area (TPSA) is 9.23 Å². The lowest BCUT2D eigenvalue weighted by atomic mass is 9.92. The van der Waals surface area contributed by atoms with Crippen molar-refractivity contribution in [2.24, 2.45) is 0 Å². The summed E-state index contributed by atoms with van der Waals surface area (Å²) in [4.78, 5) is 0. The Bertz CT molecular complexity index is 405. The van der Waals surface area contributed by atoms with E-state index in [0.717, 1.165) is 13.0 Å². The summed E-state index contributed by atoms with van der Waals surface area (Å²) in [7, 11) is 0. The van der Waals surface area contributed by atoms with Crippen molar-refractivity contribution in [2.45, 2.75) is 44.6 Å². The Labute approximate surface area is 103 Å². The van der Waals surface area contributed by atoms with Gasteiger partial charge < -0.3 is 4.74 Å². The van der Waals surface area contributed by atoms with Crippen LogP contribution in [0.2, 0.25) is 0 Å². The van der Waals surface area contributed by atoms with E-state index in [1.807, 2.05) is 0 Å². The molecule has 0 amide bonds. The van der Waals surface area contributed by atoms with Crippen LogP contribution in [0, 0.1) is 0 Å². The van der Waals surface area contributed by atoms with Crippen LogP contribution in [0.4, 0.5) is 0 Å². The molecule has 1 nitrogen and oxygen atoms in total. The minimum absolute atomic E-state index is 0.299. The van der Waals surface area contributed by atoms with Gasteiger partial charge in [-0.15, -0.1) is 0 Å². The Morgan fingerprint density at radius 1 is 0.882 bits per heavy atom. The van der Waals surface area contributed by atoms with E-state index in [1.165, 1.54) is 37.7 Å². The van der Waals surface area contributed by atoms with Crippen LogP contribution in [-0.4, -0.2) is 6.61 Å². The van der Waals surface area contributed by atoms with Crippen LogP contribution in [0.5, 0.6) is 0 Å². The highest BCUT2D eigenvalue weighted by atomic mass is 16.5. The zero-order valence-electron chi connectivity index (χ0n) is 10.3. The molecule has 0 spiro atoms. The SMILES string of the molecule is c1ccc(C2CC3=C(CCCCC3)CO2)cc1. The van der Waals surface area contributed by atoms with Gasteiger partial charge in [0.25, 0.3) is 0 Å². The van der Waals surface area contributed by atoms with Gasteiger partial charge in [0, 0.05) is 0 Å². The Morgan fingerprint density at radius 2 is 1.65 bits per heavy atom. The lowest BCUT2D eigenvalue weighted by molar-refractivity contribution is 0.0554. The van der Waals surface area contributed by atoms with Gasteiger partial charge in [-0.2, -0.15) is 0 Å². The molecule has 0 saturated carbocycles. The first-order valence-corrected chi connectivity index (χ1v) is 6.80. The smallest absolute Gasteiger partial charge is 0.0866 e. The second-order valence-electron chi connectivity index (χ2n) is 5.18. The van der Waals surface area contributed by atoms with E-state index in [1.54, 1.807) is 11.1 Å². The number of rotatable bonds is 1. The predicted molar refractivity (Wildman–Crippen MR) is 69.9 cm³/mol. The first-order chi connectivity index (χ1) is 8.43. The highest BCUT2D eigenvalue weighted by Crippen LogP contribution is 2.37. The molecule has 2 aliphatic rings. The molecule has 0 radical (unpaired) electrons. The minimum Gasteiger partial charge on any atom is -0.369 e. The fraction of sp³-hybridized carbons (Fsp3) is 0.500. The van der Waals surface area contributed by atoms with Gasteiger partial charge in [-0.05, 0) is 43.2 Å². The third-order valence-corrected chi connectivity index (χ3v) is 4.02. The third kappa shape index (κ3) is 2.44. The number of hydrogen-bond donors (Lipinski definition) is 0. The van der Waals surface area contributed by atoms with Crippen LogP contribution in [0.25, 0.3) is 0 Å². The van der Waals surface area contributed by atoms with Gasteiger partial charge in [0.05, 0.1) is 12.7 Å². The maximum Gasteiger partial charge on any atom is 0.0866 e. The molecule has 1 unspecified atom stereocenters. The lowest BCUT2D eigenvalue weighted by Crippen LogP contribution is -2.15. The van der Waals surface area contributed by atoms with Crippen LogP contribution in [-0.2, 0) is 4.74 Å². The monoisotopic (exact) mass is 228 g/mol. The molecule has 0 N–H and O–H groups in total. The van der Waals surface area contributed by atoms with Gasteiger partial charge in [-0.1, -0.05) is 42.3 Å². The van der Waals surface area contributed by atoms with Crippen molar-refractivity contribution in [1.29, 1.82) is 0 Å². The first-order valence-electron chi connectivity index (χ1n) is 6.80. The molecule has 1 aromatic carbocycles. The van der Waals surface area contributed by atoms with E-state index >= 15 is 0 Å². The summed E-state index contributed by atoms with van der Waals surface area (Å²) in [5.74, 6) is 0. The van der Waals surface area contributed by atoms with Gasteiger partial charge in [-0.25, -0.2) is 0 Å². The van der Waals surface area contributed by atoms with Crippen molar-refractivity contribution in [3.05, 3.63) is 47.0 Å². The first kappa shape index (κ1) is 11.0. The lowest BCUT2D eigenvalue weighted by Gasteiger charge is -2.27. The highest BCUT2D eigenvalue weighted by molar-refractivity contribution is 5.25. The largest absolute Gasteiger partial charge is 0.369 e. The van der Waals surface area contributed by atoms with E-state index in [0.29, 0.717) is 6.10 Å². The highest BCUT2D eigenvalue weighted by Gasteiger charge is 2.23. The molecule has 1 aliphatic heterocycles. The van der Waals surface area contributed by atoms with E-state index in [4.69, 9.17) is 4.74 Å². The number of hydrogen-bond acceptors (Lipinski definition) is 1. The van der Waals surface area contributed by atoms with Gasteiger partial charge in [0.1, 0.15) is 0 Å². The molecule has 90 valence electrons. The van der Waals surface area contributed by atoms with Crippen molar-refractivity contribution >= 4 is 0 Å². The summed E-state index contributed by atoms with van der Waals surface area (Å²) in [6.07, 6.45) is 8.13. The molecule has 0 aromatic heterocycles. The molecule has 3 rings (SSSR count). The molecule has 17 heavy (non-hydrogen) atoms. The van der Waals surface area contributed by atoms with Gasteiger partial charge >= 0.3 is 0 Å². The van der Waals surface area contributed by atoms with Crippen LogP contribution < -0.4 is 0 Å². The van der Waals surface area contributed by atoms with Crippen molar-refractivity contribution in [3.63, 3.8) is 0 Å². The maximum atomic E-state index is 6.03. The molecule has 1 heterocycles. The molecular weight excluding hydrogens is 208 g/mol. The summed E-state index contributed by atoms with van der Waals surface area (Å²) in [5.41, 5.74) is 4.64. The second kappa shape index (κ2) is 5.05.